The normalized spacial score (nSPS) is 11.5. The Labute approximate surface area is 49.1 Å². The van der Waals surface area contributed by atoms with Crippen molar-refractivity contribution in [1.82, 2.24) is 0 Å². The Morgan fingerprint density at radius 2 is 2.50 bits per heavy atom. The van der Waals surface area contributed by atoms with Crippen molar-refractivity contribution in [1.29, 1.82) is 5.41 Å². The fraction of sp³-hybridized carbons (Fsp3) is 0.400. The Kier molecular flexibility index (Phi) is 4.11. The zero-order valence-corrected chi connectivity index (χ0v) is 5.02. The molecular formula is C5H12N3+. The Bertz CT molecular complexity index is 95.8. The van der Waals surface area contributed by atoms with Crippen LogP contribution >= 0.6 is 0 Å². The number of hydrogen-bond donors (Lipinski definition) is 3. The second kappa shape index (κ2) is 4.49. The minimum absolute atomic E-state index is 0.452. The van der Waals surface area contributed by atoms with Gasteiger partial charge in [0.1, 0.15) is 0 Å². The van der Waals surface area contributed by atoms with Gasteiger partial charge in [-0.15, -0.1) is 0 Å². The minimum Gasteiger partial charge on any atom is -0.326 e. The van der Waals surface area contributed by atoms with Gasteiger partial charge in [-0.25, -0.2) is 0 Å². The summed E-state index contributed by atoms with van der Waals surface area (Å²) in [6, 6.07) is 0. The lowest BCUT2D eigenvalue weighted by Gasteiger charge is -1.88. The highest BCUT2D eigenvalue weighted by Crippen LogP contribution is 1.75. The van der Waals surface area contributed by atoms with Gasteiger partial charge in [0.15, 0.2) is 0 Å². The summed E-state index contributed by atoms with van der Waals surface area (Å²) in [5.74, 6) is 0. The highest BCUT2D eigenvalue weighted by Gasteiger charge is 1.85. The molecule has 0 unspecified atom stereocenters. The van der Waals surface area contributed by atoms with Crippen molar-refractivity contribution in [2.45, 2.75) is 0 Å². The highest BCUT2D eigenvalue weighted by molar-refractivity contribution is 5.75. The van der Waals surface area contributed by atoms with Crippen molar-refractivity contribution in [3.63, 3.8) is 0 Å². The lowest BCUT2D eigenvalue weighted by molar-refractivity contribution is -0.557. The van der Waals surface area contributed by atoms with Crippen LogP contribution in [0, 0.1) is 5.41 Å². The third kappa shape index (κ3) is 2.49. The molecule has 0 radical (unpaired) electrons. The summed E-state index contributed by atoms with van der Waals surface area (Å²) >= 11 is 0. The molecule has 0 aliphatic carbocycles. The second-order valence-corrected chi connectivity index (χ2v) is 1.42. The van der Waals surface area contributed by atoms with Gasteiger partial charge >= 0.3 is 0 Å². The minimum atomic E-state index is 0.452. The lowest BCUT2D eigenvalue weighted by atomic mass is 10.3. The molecule has 0 aromatic carbocycles. The van der Waals surface area contributed by atoms with E-state index in [0.29, 0.717) is 6.54 Å². The van der Waals surface area contributed by atoms with Gasteiger partial charge in [-0.1, -0.05) is 0 Å². The molecule has 8 heavy (non-hydrogen) atoms. The van der Waals surface area contributed by atoms with Crippen LogP contribution in [0.2, 0.25) is 0 Å². The van der Waals surface area contributed by atoms with Crippen LogP contribution in [0.3, 0.4) is 0 Å². The Morgan fingerprint density at radius 3 is 2.62 bits per heavy atom. The molecular weight excluding hydrogens is 102 g/mol. The quantitative estimate of drug-likeness (QED) is 0.391. The molecule has 0 rings (SSSR count). The summed E-state index contributed by atoms with van der Waals surface area (Å²) in [6.45, 7) is 0.452. The first kappa shape index (κ1) is 7.33. The lowest BCUT2D eigenvalue weighted by Crippen LogP contribution is -2.73. The van der Waals surface area contributed by atoms with Gasteiger partial charge in [0.05, 0.1) is 13.2 Å². The monoisotopic (exact) mass is 114 g/mol. The molecule has 0 spiro atoms. The van der Waals surface area contributed by atoms with E-state index in [1.165, 1.54) is 6.21 Å². The van der Waals surface area contributed by atoms with Crippen LogP contribution in [-0.4, -0.2) is 19.8 Å². The first-order chi connectivity index (χ1) is 3.85. The largest absolute Gasteiger partial charge is 0.326 e. The van der Waals surface area contributed by atoms with Crippen molar-refractivity contribution < 1.29 is 5.32 Å². The fourth-order valence-electron chi connectivity index (χ4n) is 0.389. The van der Waals surface area contributed by atoms with Gasteiger partial charge in [0.2, 0.25) is 0 Å². The van der Waals surface area contributed by atoms with Crippen molar-refractivity contribution >= 4 is 6.21 Å². The fourth-order valence-corrected chi connectivity index (χ4v) is 0.389. The number of hydrogen-bond acceptors (Lipinski definition) is 2. The van der Waals surface area contributed by atoms with Crippen molar-refractivity contribution in [2.75, 3.05) is 13.6 Å². The van der Waals surface area contributed by atoms with E-state index >= 15 is 0 Å². The Morgan fingerprint density at radius 1 is 1.88 bits per heavy atom. The zero-order chi connectivity index (χ0) is 6.41. The van der Waals surface area contributed by atoms with E-state index in [4.69, 9.17) is 11.1 Å². The third-order valence-electron chi connectivity index (χ3n) is 0.802. The predicted molar refractivity (Wildman–Crippen MR) is 33.8 cm³/mol. The summed E-state index contributed by atoms with van der Waals surface area (Å²) in [7, 11) is 1.90. The van der Waals surface area contributed by atoms with E-state index in [-0.39, 0.29) is 0 Å². The molecule has 3 heteroatoms. The maximum Gasteiger partial charge on any atom is 0.0984 e. The molecule has 0 saturated heterocycles. The summed E-state index contributed by atoms with van der Waals surface area (Å²) < 4.78 is 0. The molecule has 46 valence electrons. The molecule has 0 aliphatic heterocycles. The zero-order valence-electron chi connectivity index (χ0n) is 5.02. The van der Waals surface area contributed by atoms with E-state index in [0.717, 1.165) is 5.57 Å². The second-order valence-electron chi connectivity index (χ2n) is 1.42. The molecule has 0 aliphatic rings. The topological polar surface area (TPSA) is 66.5 Å². The smallest absolute Gasteiger partial charge is 0.0984 e. The van der Waals surface area contributed by atoms with Crippen LogP contribution in [0.15, 0.2) is 11.8 Å². The van der Waals surface area contributed by atoms with Crippen LogP contribution in [0.4, 0.5) is 0 Å². The summed E-state index contributed by atoms with van der Waals surface area (Å²) in [4.78, 5) is 0. The molecule has 0 aromatic rings. The average molecular weight is 114 g/mol. The van der Waals surface area contributed by atoms with Gasteiger partial charge in [-0.2, -0.15) is 0 Å². The van der Waals surface area contributed by atoms with E-state index in [2.05, 4.69) is 0 Å². The Balaban J connectivity index is 3.66. The van der Waals surface area contributed by atoms with E-state index < -0.39 is 0 Å². The first-order valence-electron chi connectivity index (χ1n) is 2.54. The van der Waals surface area contributed by atoms with Gasteiger partial charge in [0.25, 0.3) is 0 Å². The standard InChI is InChI=1S/C5H11N3/c1-8-4-5(2-6)3-7/h2,4,6,8H,3,7H2,1H3/p+1/b5-4+,6-2?. The van der Waals surface area contributed by atoms with E-state index in [1.54, 1.807) is 0 Å². The molecule has 0 saturated carbocycles. The summed E-state index contributed by atoms with van der Waals surface area (Å²) in [5.41, 5.74) is 6.08. The predicted octanol–water partition coefficient (Wildman–Crippen LogP) is -1.33. The summed E-state index contributed by atoms with van der Waals surface area (Å²) in [5, 5.41) is 8.64. The van der Waals surface area contributed by atoms with Crippen molar-refractivity contribution in [2.24, 2.45) is 5.73 Å². The molecule has 3 nitrogen and oxygen atoms in total. The highest BCUT2D eigenvalue weighted by atomic mass is 14.8. The molecule has 0 fully saturated rings. The van der Waals surface area contributed by atoms with Crippen LogP contribution in [-0.2, 0) is 0 Å². The maximum absolute atomic E-state index is 6.77. The third-order valence-corrected chi connectivity index (χ3v) is 0.802. The SMILES string of the molecule is C[NH2+]/C=C(\C=N)CN. The van der Waals surface area contributed by atoms with Crippen LogP contribution in [0.5, 0.6) is 0 Å². The maximum atomic E-state index is 6.77. The van der Waals surface area contributed by atoms with Gasteiger partial charge in [0, 0.05) is 18.3 Å². The number of nitrogens with two attached hydrogens (primary N) is 2. The van der Waals surface area contributed by atoms with Gasteiger partial charge < -0.3 is 16.5 Å². The molecule has 0 amide bonds. The van der Waals surface area contributed by atoms with Crippen molar-refractivity contribution in [3.05, 3.63) is 11.8 Å². The molecule has 0 heterocycles. The van der Waals surface area contributed by atoms with Gasteiger partial charge in [-0.05, 0) is 0 Å². The molecule has 0 atom stereocenters. The van der Waals surface area contributed by atoms with Gasteiger partial charge in [-0.3, -0.25) is 0 Å². The number of nitrogens with one attached hydrogen (secondary N) is 1. The molecule has 0 aromatic heterocycles. The van der Waals surface area contributed by atoms with E-state index in [1.807, 2.05) is 18.6 Å². The first-order valence-corrected chi connectivity index (χ1v) is 2.54. The van der Waals surface area contributed by atoms with Crippen LogP contribution in [0.1, 0.15) is 0 Å². The molecule has 5 N–H and O–H groups in total. The van der Waals surface area contributed by atoms with Crippen LogP contribution in [0.25, 0.3) is 0 Å². The Hall–Kier alpha value is -0.670. The average Bonchev–Trinajstić information content (AvgIpc) is 1.83. The summed E-state index contributed by atoms with van der Waals surface area (Å²) in [6.07, 6.45) is 3.09. The van der Waals surface area contributed by atoms with Crippen molar-refractivity contribution in [3.8, 4) is 0 Å². The van der Waals surface area contributed by atoms with Crippen LogP contribution < -0.4 is 11.1 Å². The van der Waals surface area contributed by atoms with E-state index in [9.17, 15) is 0 Å². The number of rotatable bonds is 3. The molecule has 0 bridgehead atoms. The number of quaternary nitrogens is 1.